The Morgan fingerprint density at radius 2 is 2.00 bits per heavy atom. The molecule has 0 aromatic heterocycles. The lowest BCUT2D eigenvalue weighted by atomic mass is 10.3. The number of benzene rings is 1. The van der Waals surface area contributed by atoms with Crippen molar-refractivity contribution in [3.8, 4) is 5.75 Å². The third-order valence-electron chi connectivity index (χ3n) is 1.86. The quantitative estimate of drug-likeness (QED) is 0.774. The van der Waals surface area contributed by atoms with E-state index in [0.717, 1.165) is 6.07 Å². The van der Waals surface area contributed by atoms with Crippen LogP contribution < -0.4 is 10.1 Å². The second-order valence-electron chi connectivity index (χ2n) is 3.44. The molecule has 102 valence electrons. The lowest BCUT2D eigenvalue weighted by Crippen LogP contribution is -2.23. The van der Waals surface area contributed by atoms with Crippen molar-refractivity contribution in [2.75, 3.05) is 18.5 Å². The second kappa shape index (κ2) is 6.26. The number of halogens is 4. The number of hydrogen-bond donors (Lipinski definition) is 3. The minimum Gasteiger partial charge on any atom is -0.406 e. The molecular weight excluding hydrogens is 319 g/mol. The average molecular weight is 330 g/mol. The van der Waals surface area contributed by atoms with Crippen molar-refractivity contribution in [1.82, 2.24) is 0 Å². The van der Waals surface area contributed by atoms with Gasteiger partial charge in [0.2, 0.25) is 0 Å². The van der Waals surface area contributed by atoms with Crippen LogP contribution in [0.5, 0.6) is 5.75 Å². The van der Waals surface area contributed by atoms with Crippen LogP contribution in [0, 0.1) is 0 Å². The molecule has 1 aromatic rings. The summed E-state index contributed by atoms with van der Waals surface area (Å²) in [6, 6.07) is 3.83. The summed E-state index contributed by atoms with van der Waals surface area (Å²) in [5, 5.41) is 20.4. The highest BCUT2D eigenvalue weighted by Gasteiger charge is 2.31. The van der Waals surface area contributed by atoms with E-state index in [9.17, 15) is 13.2 Å². The van der Waals surface area contributed by atoms with E-state index >= 15 is 0 Å². The first kappa shape index (κ1) is 15.1. The molecule has 0 heterocycles. The van der Waals surface area contributed by atoms with Crippen LogP contribution >= 0.6 is 15.9 Å². The van der Waals surface area contributed by atoms with E-state index in [1.165, 1.54) is 12.1 Å². The van der Waals surface area contributed by atoms with Gasteiger partial charge in [0.15, 0.2) is 0 Å². The van der Waals surface area contributed by atoms with E-state index in [0.29, 0.717) is 10.2 Å². The Morgan fingerprint density at radius 1 is 1.33 bits per heavy atom. The number of alkyl halides is 3. The normalized spacial score (nSPS) is 13.2. The number of anilines is 1. The average Bonchev–Trinajstić information content (AvgIpc) is 2.22. The molecule has 0 spiro atoms. The largest absolute Gasteiger partial charge is 0.573 e. The predicted octanol–water partition coefficient (Wildman–Crippen LogP) is 2.11. The van der Waals surface area contributed by atoms with Gasteiger partial charge in [-0.3, -0.25) is 0 Å². The molecule has 3 N–H and O–H groups in total. The third kappa shape index (κ3) is 5.56. The van der Waals surface area contributed by atoms with Gasteiger partial charge in [0.05, 0.1) is 12.7 Å². The van der Waals surface area contributed by atoms with Crippen LogP contribution in [0.4, 0.5) is 18.9 Å². The summed E-state index contributed by atoms with van der Waals surface area (Å²) in [5.41, 5.74) is 0.330. The molecule has 4 nitrogen and oxygen atoms in total. The van der Waals surface area contributed by atoms with E-state index in [-0.39, 0.29) is 12.3 Å². The second-order valence-corrected chi connectivity index (χ2v) is 4.36. The molecule has 0 saturated heterocycles. The van der Waals surface area contributed by atoms with E-state index in [2.05, 4.69) is 26.0 Å². The fourth-order valence-corrected chi connectivity index (χ4v) is 1.63. The molecule has 1 atom stereocenters. The first-order chi connectivity index (χ1) is 8.30. The van der Waals surface area contributed by atoms with Crippen molar-refractivity contribution in [2.45, 2.75) is 12.5 Å². The molecule has 0 radical (unpaired) electrons. The monoisotopic (exact) mass is 329 g/mol. The first-order valence-electron chi connectivity index (χ1n) is 4.89. The zero-order valence-corrected chi connectivity index (χ0v) is 10.6. The number of nitrogens with one attached hydrogen (secondary N) is 1. The van der Waals surface area contributed by atoms with Crippen molar-refractivity contribution in [2.24, 2.45) is 0 Å². The van der Waals surface area contributed by atoms with Crippen molar-refractivity contribution in [1.29, 1.82) is 0 Å². The summed E-state index contributed by atoms with van der Waals surface area (Å²) < 4.78 is 40.3. The van der Waals surface area contributed by atoms with Crippen LogP contribution in [0.25, 0.3) is 0 Å². The number of rotatable bonds is 5. The highest BCUT2D eigenvalue weighted by molar-refractivity contribution is 9.10. The molecule has 0 aliphatic heterocycles. The van der Waals surface area contributed by atoms with E-state index in [1.54, 1.807) is 0 Å². The van der Waals surface area contributed by atoms with Gasteiger partial charge in [-0.15, -0.1) is 13.2 Å². The van der Waals surface area contributed by atoms with Gasteiger partial charge in [-0.05, 0) is 12.1 Å². The maximum absolute atomic E-state index is 12.0. The third-order valence-corrected chi connectivity index (χ3v) is 2.32. The number of aliphatic hydroxyl groups is 2. The van der Waals surface area contributed by atoms with Gasteiger partial charge in [0.25, 0.3) is 0 Å². The maximum Gasteiger partial charge on any atom is 0.573 e. The fourth-order valence-electron chi connectivity index (χ4n) is 1.16. The Bertz CT molecular complexity index is 400. The Hall–Kier alpha value is -0.990. The molecule has 0 saturated carbocycles. The van der Waals surface area contributed by atoms with Gasteiger partial charge in [-0.1, -0.05) is 15.9 Å². The number of hydrogen-bond acceptors (Lipinski definition) is 4. The smallest absolute Gasteiger partial charge is 0.406 e. The minimum absolute atomic E-state index is 0.0123. The molecule has 0 bridgehead atoms. The fraction of sp³-hybridized carbons (Fsp3) is 0.400. The molecule has 0 aliphatic rings. The van der Waals surface area contributed by atoms with E-state index < -0.39 is 19.1 Å². The van der Waals surface area contributed by atoms with Gasteiger partial charge in [-0.2, -0.15) is 0 Å². The summed E-state index contributed by atoms with van der Waals surface area (Å²) in [6.07, 6.45) is -5.75. The van der Waals surface area contributed by atoms with Crippen molar-refractivity contribution >= 4 is 21.6 Å². The van der Waals surface area contributed by atoms with Gasteiger partial charge >= 0.3 is 6.36 Å². The molecule has 0 fully saturated rings. The highest BCUT2D eigenvalue weighted by atomic mass is 79.9. The maximum atomic E-state index is 12.0. The molecule has 1 rings (SSSR count). The number of aliphatic hydroxyl groups excluding tert-OH is 2. The number of ether oxygens (including phenoxy) is 1. The lowest BCUT2D eigenvalue weighted by molar-refractivity contribution is -0.274. The minimum atomic E-state index is -4.76. The molecule has 0 amide bonds. The van der Waals surface area contributed by atoms with Gasteiger partial charge < -0.3 is 20.3 Å². The molecule has 8 heteroatoms. The van der Waals surface area contributed by atoms with Crippen LogP contribution in [0.3, 0.4) is 0 Å². The summed E-state index contributed by atoms with van der Waals surface area (Å²) >= 11 is 3.05. The van der Waals surface area contributed by atoms with Gasteiger partial charge in [-0.25, -0.2) is 0 Å². The Morgan fingerprint density at radius 3 is 2.56 bits per heavy atom. The van der Waals surface area contributed by atoms with Crippen molar-refractivity contribution in [3.63, 3.8) is 0 Å². The zero-order chi connectivity index (χ0) is 13.8. The van der Waals surface area contributed by atoms with Gasteiger partial charge in [0, 0.05) is 22.8 Å². The van der Waals surface area contributed by atoms with Crippen molar-refractivity contribution in [3.05, 3.63) is 22.7 Å². The Balaban J connectivity index is 2.74. The molecule has 1 aromatic carbocycles. The molecule has 18 heavy (non-hydrogen) atoms. The topological polar surface area (TPSA) is 61.7 Å². The SMILES string of the molecule is OCC(O)CNc1cc(Br)cc(OC(F)(F)F)c1. The summed E-state index contributed by atoms with van der Waals surface area (Å²) in [7, 11) is 0. The Kier molecular flexibility index (Phi) is 5.24. The van der Waals surface area contributed by atoms with Crippen LogP contribution in [-0.2, 0) is 0 Å². The standard InChI is InChI=1S/C10H11BrF3NO3/c11-6-1-7(15-4-8(17)5-16)3-9(2-6)18-10(12,13)14/h1-3,8,15-17H,4-5H2. The predicted molar refractivity (Wildman–Crippen MR) is 62.4 cm³/mol. The summed E-state index contributed by atoms with van der Waals surface area (Å²) in [5.74, 6) is -0.377. The molecular formula is C10H11BrF3NO3. The molecule has 1 unspecified atom stereocenters. The van der Waals surface area contributed by atoms with E-state index in [1.807, 2.05) is 0 Å². The van der Waals surface area contributed by atoms with Crippen LogP contribution in [0.2, 0.25) is 0 Å². The van der Waals surface area contributed by atoms with Crippen LogP contribution in [-0.4, -0.2) is 35.8 Å². The van der Waals surface area contributed by atoms with Crippen LogP contribution in [0.15, 0.2) is 22.7 Å². The van der Waals surface area contributed by atoms with E-state index in [4.69, 9.17) is 10.2 Å². The molecule has 0 aliphatic carbocycles. The lowest BCUT2D eigenvalue weighted by Gasteiger charge is -2.13. The summed E-state index contributed by atoms with van der Waals surface area (Å²) in [4.78, 5) is 0. The first-order valence-corrected chi connectivity index (χ1v) is 5.68. The van der Waals surface area contributed by atoms with Gasteiger partial charge in [0.1, 0.15) is 5.75 Å². The Labute approximate surface area is 110 Å². The zero-order valence-electron chi connectivity index (χ0n) is 9.04. The van der Waals surface area contributed by atoms with Crippen LogP contribution in [0.1, 0.15) is 0 Å². The summed E-state index contributed by atoms with van der Waals surface area (Å²) in [6.45, 7) is -0.425. The van der Waals surface area contributed by atoms with Crippen molar-refractivity contribution < 1.29 is 28.1 Å². The highest BCUT2D eigenvalue weighted by Crippen LogP contribution is 2.29.